The van der Waals surface area contributed by atoms with E-state index < -0.39 is 0 Å². The van der Waals surface area contributed by atoms with Crippen LogP contribution in [0.1, 0.15) is 17.5 Å². The molecule has 0 saturated heterocycles. The van der Waals surface area contributed by atoms with E-state index >= 15 is 0 Å². The first kappa shape index (κ1) is 10.3. The van der Waals surface area contributed by atoms with Crippen LogP contribution < -0.4 is 15.4 Å². The second kappa shape index (κ2) is 4.51. The number of benzene rings is 1. The lowest BCUT2D eigenvalue weighted by Crippen LogP contribution is -2.02. The second-order valence-electron chi connectivity index (χ2n) is 3.59. The van der Waals surface area contributed by atoms with Gasteiger partial charge in [0.2, 0.25) is 0 Å². The summed E-state index contributed by atoms with van der Waals surface area (Å²) in [6.45, 7) is 3.80. The first-order valence-electron chi connectivity index (χ1n) is 5.02. The molecule has 1 aromatic rings. The molecular formula is C11H15NO3. The van der Waals surface area contributed by atoms with Crippen molar-refractivity contribution < 1.29 is 14.3 Å². The van der Waals surface area contributed by atoms with Gasteiger partial charge in [0.1, 0.15) is 0 Å². The van der Waals surface area contributed by atoms with Gasteiger partial charge in [-0.2, -0.15) is 0 Å². The van der Waals surface area contributed by atoms with Crippen molar-refractivity contribution >= 4 is 0 Å². The molecule has 82 valence electrons. The Labute approximate surface area is 88.9 Å². The lowest BCUT2D eigenvalue weighted by Gasteiger charge is -2.11. The molecule has 1 aromatic carbocycles. The fourth-order valence-corrected chi connectivity index (χ4v) is 1.60. The van der Waals surface area contributed by atoms with Crippen molar-refractivity contribution in [3.8, 4) is 11.5 Å². The lowest BCUT2D eigenvalue weighted by atomic mass is 10.1. The first-order valence-corrected chi connectivity index (χ1v) is 5.02. The molecule has 0 radical (unpaired) electrons. The summed E-state index contributed by atoms with van der Waals surface area (Å²) in [7, 11) is 0. The molecule has 1 aliphatic rings. The highest BCUT2D eigenvalue weighted by Crippen LogP contribution is 2.32. The largest absolute Gasteiger partial charge is 0.490 e. The first-order chi connectivity index (χ1) is 7.31. The summed E-state index contributed by atoms with van der Waals surface area (Å²) in [6.07, 6.45) is 0.913. The lowest BCUT2D eigenvalue weighted by molar-refractivity contribution is 0.123. The number of rotatable bonds is 2. The van der Waals surface area contributed by atoms with Crippen molar-refractivity contribution in [1.82, 2.24) is 0 Å². The van der Waals surface area contributed by atoms with E-state index in [-0.39, 0.29) is 0 Å². The average Bonchev–Trinajstić information content (AvgIpc) is 2.44. The molecule has 0 saturated carbocycles. The van der Waals surface area contributed by atoms with Crippen LogP contribution in [0.25, 0.3) is 0 Å². The minimum atomic E-state index is 0.391. The molecule has 1 aliphatic heterocycles. The standard InChI is InChI=1S/C11H15NO3/c1-8-5-10-11(6-9(8)7-15-12)14-4-2-3-13-10/h5-6H,2-4,7,12H2,1H3. The van der Waals surface area contributed by atoms with Crippen molar-refractivity contribution in [2.24, 2.45) is 5.90 Å². The monoisotopic (exact) mass is 209 g/mol. The van der Waals surface area contributed by atoms with E-state index in [1.807, 2.05) is 19.1 Å². The summed E-state index contributed by atoms with van der Waals surface area (Å²) in [5, 5.41) is 0. The predicted molar refractivity (Wildman–Crippen MR) is 55.8 cm³/mol. The van der Waals surface area contributed by atoms with E-state index in [9.17, 15) is 0 Å². The second-order valence-corrected chi connectivity index (χ2v) is 3.59. The third-order valence-corrected chi connectivity index (χ3v) is 2.44. The van der Waals surface area contributed by atoms with Crippen molar-refractivity contribution in [3.63, 3.8) is 0 Å². The molecule has 0 spiro atoms. The van der Waals surface area contributed by atoms with Gasteiger partial charge < -0.3 is 9.47 Å². The maximum atomic E-state index is 5.57. The normalized spacial score (nSPS) is 14.8. The van der Waals surface area contributed by atoms with Crippen molar-refractivity contribution in [2.45, 2.75) is 20.0 Å². The van der Waals surface area contributed by atoms with Crippen LogP contribution in [0.4, 0.5) is 0 Å². The third-order valence-electron chi connectivity index (χ3n) is 2.44. The van der Waals surface area contributed by atoms with Crippen LogP contribution in [0, 0.1) is 6.92 Å². The van der Waals surface area contributed by atoms with Crippen LogP contribution in [0.15, 0.2) is 12.1 Å². The van der Waals surface area contributed by atoms with Gasteiger partial charge in [0.15, 0.2) is 11.5 Å². The molecule has 0 atom stereocenters. The van der Waals surface area contributed by atoms with Gasteiger partial charge >= 0.3 is 0 Å². The Balaban J connectivity index is 2.33. The molecule has 0 aromatic heterocycles. The summed E-state index contributed by atoms with van der Waals surface area (Å²) < 4.78 is 11.1. The van der Waals surface area contributed by atoms with E-state index in [2.05, 4.69) is 4.84 Å². The van der Waals surface area contributed by atoms with E-state index in [0.717, 1.165) is 29.0 Å². The number of fused-ring (bicyclic) bond motifs is 1. The highest BCUT2D eigenvalue weighted by Gasteiger charge is 2.12. The summed E-state index contributed by atoms with van der Waals surface area (Å²) in [6, 6.07) is 3.90. The van der Waals surface area contributed by atoms with E-state index in [0.29, 0.717) is 19.8 Å². The Hall–Kier alpha value is -1.26. The molecule has 4 heteroatoms. The van der Waals surface area contributed by atoms with Gasteiger partial charge in [-0.05, 0) is 30.2 Å². The summed E-state index contributed by atoms with van der Waals surface area (Å²) >= 11 is 0. The van der Waals surface area contributed by atoms with Gasteiger partial charge in [-0.3, -0.25) is 4.84 Å². The van der Waals surface area contributed by atoms with Crippen LogP contribution in [0.2, 0.25) is 0 Å². The maximum Gasteiger partial charge on any atom is 0.161 e. The molecule has 2 rings (SSSR count). The predicted octanol–water partition coefficient (Wildman–Crippen LogP) is 1.55. The van der Waals surface area contributed by atoms with Gasteiger partial charge in [0, 0.05) is 6.42 Å². The molecule has 0 amide bonds. The van der Waals surface area contributed by atoms with Crippen LogP contribution in [0.3, 0.4) is 0 Å². The minimum absolute atomic E-state index is 0.391. The van der Waals surface area contributed by atoms with Crippen molar-refractivity contribution in [3.05, 3.63) is 23.3 Å². The molecule has 1 heterocycles. The molecule has 0 unspecified atom stereocenters. The maximum absolute atomic E-state index is 5.57. The van der Waals surface area contributed by atoms with Crippen LogP contribution in [-0.2, 0) is 11.4 Å². The van der Waals surface area contributed by atoms with Crippen LogP contribution in [0.5, 0.6) is 11.5 Å². The van der Waals surface area contributed by atoms with Gasteiger partial charge in [-0.25, -0.2) is 5.90 Å². The number of hydrogen-bond donors (Lipinski definition) is 1. The smallest absolute Gasteiger partial charge is 0.161 e. The van der Waals surface area contributed by atoms with E-state index in [4.69, 9.17) is 15.4 Å². The van der Waals surface area contributed by atoms with Gasteiger partial charge in [0.05, 0.1) is 19.8 Å². The average molecular weight is 209 g/mol. The van der Waals surface area contributed by atoms with Gasteiger partial charge in [-0.15, -0.1) is 0 Å². The third kappa shape index (κ3) is 2.22. The van der Waals surface area contributed by atoms with Crippen molar-refractivity contribution in [1.29, 1.82) is 0 Å². The Morgan fingerprint density at radius 2 is 1.93 bits per heavy atom. The summed E-state index contributed by atoms with van der Waals surface area (Å²) in [5.74, 6) is 6.66. The molecular weight excluding hydrogens is 194 g/mol. The number of hydrogen-bond acceptors (Lipinski definition) is 4. The molecule has 0 fully saturated rings. The topological polar surface area (TPSA) is 53.7 Å². The van der Waals surface area contributed by atoms with Gasteiger partial charge in [-0.1, -0.05) is 0 Å². The fraction of sp³-hybridized carbons (Fsp3) is 0.455. The van der Waals surface area contributed by atoms with Crippen molar-refractivity contribution in [2.75, 3.05) is 13.2 Å². The molecule has 4 nitrogen and oxygen atoms in total. The Kier molecular flexibility index (Phi) is 3.08. The minimum Gasteiger partial charge on any atom is -0.490 e. The number of ether oxygens (including phenoxy) is 2. The van der Waals surface area contributed by atoms with E-state index in [1.165, 1.54) is 0 Å². The zero-order valence-electron chi connectivity index (χ0n) is 8.79. The highest BCUT2D eigenvalue weighted by molar-refractivity contribution is 5.47. The Bertz CT molecular complexity index is 352. The Morgan fingerprint density at radius 1 is 1.27 bits per heavy atom. The van der Waals surface area contributed by atoms with Crippen LogP contribution in [-0.4, -0.2) is 13.2 Å². The van der Waals surface area contributed by atoms with Crippen LogP contribution >= 0.6 is 0 Å². The van der Waals surface area contributed by atoms with E-state index in [1.54, 1.807) is 0 Å². The SMILES string of the molecule is Cc1cc2c(cc1CON)OCCCO2. The quantitative estimate of drug-likeness (QED) is 0.751. The fourth-order valence-electron chi connectivity index (χ4n) is 1.60. The summed E-state index contributed by atoms with van der Waals surface area (Å²) in [4.78, 5) is 4.63. The zero-order valence-corrected chi connectivity index (χ0v) is 8.79. The Morgan fingerprint density at radius 3 is 2.60 bits per heavy atom. The summed E-state index contributed by atoms with van der Waals surface area (Å²) in [5.41, 5.74) is 2.13. The van der Waals surface area contributed by atoms with Gasteiger partial charge in [0.25, 0.3) is 0 Å². The molecule has 2 N–H and O–H groups in total. The molecule has 15 heavy (non-hydrogen) atoms. The number of nitrogens with two attached hydrogens (primary N) is 1. The molecule has 0 aliphatic carbocycles. The molecule has 0 bridgehead atoms. The highest BCUT2D eigenvalue weighted by atomic mass is 16.6. The number of aryl methyl sites for hydroxylation is 1. The zero-order chi connectivity index (χ0) is 10.7.